The number of ether oxygens (including phenoxy) is 1. The molecule has 1 aromatic rings. The molecule has 0 fully saturated rings. The first-order valence-electron chi connectivity index (χ1n) is 4.85. The van der Waals surface area contributed by atoms with Crippen LogP contribution in [0.3, 0.4) is 0 Å². The maximum absolute atomic E-state index is 5.88. The first kappa shape index (κ1) is 12.5. The summed E-state index contributed by atoms with van der Waals surface area (Å²) in [7, 11) is 0. The fraction of sp³-hybridized carbons (Fsp3) is 0.364. The minimum absolute atomic E-state index is 0.470. The monoisotopic (exact) mass is 287 g/mol. The largest absolute Gasteiger partial charge is 0.483 e. The van der Waals surface area contributed by atoms with E-state index in [2.05, 4.69) is 22.9 Å². The molecule has 0 bridgehead atoms. The van der Waals surface area contributed by atoms with E-state index < -0.39 is 0 Å². The molecule has 1 rings (SSSR count). The van der Waals surface area contributed by atoms with E-state index in [9.17, 15) is 0 Å². The summed E-state index contributed by atoms with van der Waals surface area (Å²) in [6.45, 7) is 4.56. The van der Waals surface area contributed by atoms with Gasteiger partial charge in [-0.05, 0) is 43.3 Å². The van der Waals surface area contributed by atoms with Gasteiger partial charge in [0.15, 0.2) is 5.05 Å². The van der Waals surface area contributed by atoms with Crippen LogP contribution in [0.25, 0.3) is 0 Å². The van der Waals surface area contributed by atoms with Crippen molar-refractivity contribution >= 4 is 38.9 Å². The number of rotatable bonds is 3. The summed E-state index contributed by atoms with van der Waals surface area (Å²) in [5.74, 6) is 0. The molecule has 82 valence electrons. The topological polar surface area (TPSA) is 35.2 Å². The van der Waals surface area contributed by atoms with Gasteiger partial charge in [-0.3, -0.25) is 0 Å². The Kier molecular flexibility index (Phi) is 4.54. The molecule has 2 N–H and O–H groups in total. The predicted octanol–water partition coefficient (Wildman–Crippen LogP) is 3.31. The molecule has 0 radical (unpaired) electrons. The molecule has 0 amide bonds. The summed E-state index contributed by atoms with van der Waals surface area (Å²) in [5.41, 5.74) is 8.52. The number of anilines is 1. The number of halogens is 1. The Hall–Kier alpha value is -0.610. The normalized spacial score (nSPS) is 10.1. The van der Waals surface area contributed by atoms with Gasteiger partial charge >= 0.3 is 0 Å². The summed E-state index contributed by atoms with van der Waals surface area (Å²) in [5, 5.41) is 0.470. The lowest BCUT2D eigenvalue weighted by Crippen LogP contribution is -2.07. The Morgan fingerprint density at radius 1 is 1.47 bits per heavy atom. The van der Waals surface area contributed by atoms with Crippen molar-refractivity contribution in [3.8, 4) is 0 Å². The Balaban J connectivity index is 3.12. The predicted molar refractivity (Wildman–Crippen MR) is 71.3 cm³/mol. The van der Waals surface area contributed by atoms with Crippen LogP contribution in [0.5, 0.6) is 0 Å². The first-order chi connectivity index (χ1) is 7.10. The zero-order valence-corrected chi connectivity index (χ0v) is 11.2. The second kappa shape index (κ2) is 5.47. The van der Waals surface area contributed by atoms with E-state index >= 15 is 0 Å². The third-order valence-corrected chi connectivity index (χ3v) is 3.17. The number of nitrogens with two attached hydrogens (primary N) is 1. The lowest BCUT2D eigenvalue weighted by atomic mass is 10.1. The highest BCUT2D eigenvalue weighted by Crippen LogP contribution is 2.25. The highest BCUT2D eigenvalue weighted by Gasteiger charge is 2.10. The molecule has 0 spiro atoms. The van der Waals surface area contributed by atoms with Crippen LogP contribution in [-0.4, -0.2) is 11.7 Å². The first-order valence-corrected chi connectivity index (χ1v) is 6.05. The molecule has 0 aromatic heterocycles. The van der Waals surface area contributed by atoms with Crippen molar-refractivity contribution in [2.75, 3.05) is 12.3 Å². The molecule has 4 heteroatoms. The van der Waals surface area contributed by atoms with Crippen molar-refractivity contribution in [2.24, 2.45) is 0 Å². The molecule has 0 atom stereocenters. The van der Waals surface area contributed by atoms with Gasteiger partial charge in [0.25, 0.3) is 0 Å². The third kappa shape index (κ3) is 2.92. The molecule has 15 heavy (non-hydrogen) atoms. The Morgan fingerprint density at radius 2 is 2.13 bits per heavy atom. The summed E-state index contributed by atoms with van der Waals surface area (Å²) in [6, 6.07) is 3.86. The van der Waals surface area contributed by atoms with Gasteiger partial charge in [-0.1, -0.05) is 22.9 Å². The van der Waals surface area contributed by atoms with E-state index in [1.165, 1.54) is 5.56 Å². The Morgan fingerprint density at radius 3 is 2.67 bits per heavy atom. The second-order valence-electron chi connectivity index (χ2n) is 3.10. The quantitative estimate of drug-likeness (QED) is 0.684. The molecular formula is C11H14BrNOS. The molecule has 0 aliphatic rings. The number of hydrogen-bond acceptors (Lipinski definition) is 3. The van der Waals surface area contributed by atoms with Crippen molar-refractivity contribution in [3.63, 3.8) is 0 Å². The molecule has 1 aromatic carbocycles. The third-order valence-electron chi connectivity index (χ3n) is 2.09. The van der Waals surface area contributed by atoms with Crippen LogP contribution in [0, 0.1) is 0 Å². The van der Waals surface area contributed by atoms with Crippen molar-refractivity contribution in [1.29, 1.82) is 0 Å². The van der Waals surface area contributed by atoms with Gasteiger partial charge in [0.1, 0.15) is 0 Å². The van der Waals surface area contributed by atoms with Crippen LogP contribution >= 0.6 is 28.1 Å². The number of hydrogen-bond donors (Lipinski definition) is 1. The SMILES string of the molecule is CCOC(=S)c1cc(CC)c(Br)cc1N. The van der Waals surface area contributed by atoms with E-state index in [-0.39, 0.29) is 0 Å². The lowest BCUT2D eigenvalue weighted by molar-refractivity contribution is 0.338. The van der Waals surface area contributed by atoms with Crippen LogP contribution in [-0.2, 0) is 11.2 Å². The van der Waals surface area contributed by atoms with Crippen molar-refractivity contribution in [1.82, 2.24) is 0 Å². The number of thiocarbonyl (C=S) groups is 1. The number of benzene rings is 1. The summed E-state index contributed by atoms with van der Waals surface area (Å²) in [4.78, 5) is 0. The zero-order chi connectivity index (χ0) is 11.4. The molecule has 0 aliphatic carbocycles. The Labute approximate surface area is 104 Å². The van der Waals surface area contributed by atoms with Gasteiger partial charge in [0.05, 0.1) is 12.2 Å². The van der Waals surface area contributed by atoms with Crippen LogP contribution in [0.15, 0.2) is 16.6 Å². The van der Waals surface area contributed by atoms with E-state index in [1.807, 2.05) is 19.1 Å². The average Bonchev–Trinajstić information content (AvgIpc) is 2.18. The molecule has 0 aliphatic heterocycles. The zero-order valence-electron chi connectivity index (χ0n) is 8.84. The van der Waals surface area contributed by atoms with Crippen LogP contribution < -0.4 is 5.73 Å². The fourth-order valence-electron chi connectivity index (χ4n) is 1.29. The Bertz CT molecular complexity index is 379. The molecule has 0 saturated heterocycles. The van der Waals surface area contributed by atoms with E-state index in [0.29, 0.717) is 17.3 Å². The minimum atomic E-state index is 0.470. The maximum atomic E-state index is 5.88. The van der Waals surface area contributed by atoms with Crippen molar-refractivity contribution in [3.05, 3.63) is 27.7 Å². The lowest BCUT2D eigenvalue weighted by Gasteiger charge is -2.11. The van der Waals surface area contributed by atoms with Crippen LogP contribution in [0.1, 0.15) is 25.0 Å². The van der Waals surface area contributed by atoms with Crippen LogP contribution in [0.2, 0.25) is 0 Å². The fourth-order valence-corrected chi connectivity index (χ4v) is 2.23. The van der Waals surface area contributed by atoms with Gasteiger partial charge in [0, 0.05) is 10.2 Å². The van der Waals surface area contributed by atoms with Gasteiger partial charge in [-0.2, -0.15) is 0 Å². The van der Waals surface area contributed by atoms with Gasteiger partial charge in [-0.15, -0.1) is 0 Å². The van der Waals surface area contributed by atoms with Gasteiger partial charge < -0.3 is 10.5 Å². The molecule has 0 unspecified atom stereocenters. The van der Waals surface area contributed by atoms with E-state index in [0.717, 1.165) is 16.5 Å². The molecule has 0 heterocycles. The maximum Gasteiger partial charge on any atom is 0.193 e. The van der Waals surface area contributed by atoms with Gasteiger partial charge in [-0.25, -0.2) is 0 Å². The summed E-state index contributed by atoms with van der Waals surface area (Å²) in [6.07, 6.45) is 0.933. The van der Waals surface area contributed by atoms with Crippen molar-refractivity contribution < 1.29 is 4.74 Å². The molecular weight excluding hydrogens is 274 g/mol. The number of nitrogen functional groups attached to an aromatic ring is 1. The summed E-state index contributed by atoms with van der Waals surface area (Å²) < 4.78 is 6.30. The van der Waals surface area contributed by atoms with E-state index in [4.69, 9.17) is 22.7 Å². The highest BCUT2D eigenvalue weighted by atomic mass is 79.9. The van der Waals surface area contributed by atoms with Gasteiger partial charge in [0.2, 0.25) is 0 Å². The highest BCUT2D eigenvalue weighted by molar-refractivity contribution is 9.10. The molecule has 2 nitrogen and oxygen atoms in total. The summed E-state index contributed by atoms with van der Waals surface area (Å²) >= 11 is 8.61. The molecule has 0 saturated carbocycles. The average molecular weight is 288 g/mol. The standard InChI is InChI=1S/C11H14BrNOS/c1-3-7-5-8(11(15)14-4-2)10(13)6-9(7)12/h5-6H,3-4,13H2,1-2H3. The van der Waals surface area contributed by atoms with Crippen LogP contribution in [0.4, 0.5) is 5.69 Å². The number of aryl methyl sites for hydroxylation is 1. The van der Waals surface area contributed by atoms with Crippen molar-refractivity contribution in [2.45, 2.75) is 20.3 Å². The smallest absolute Gasteiger partial charge is 0.193 e. The second-order valence-corrected chi connectivity index (χ2v) is 4.33. The van der Waals surface area contributed by atoms with E-state index in [1.54, 1.807) is 0 Å². The minimum Gasteiger partial charge on any atom is -0.483 e.